The Kier molecular flexibility index (Phi) is 5.91. The van der Waals surface area contributed by atoms with Gasteiger partial charge in [-0.1, -0.05) is 71.9 Å². The Morgan fingerprint density at radius 1 is 0.675 bits per heavy atom. The molecule has 0 aliphatic heterocycles. The van der Waals surface area contributed by atoms with E-state index < -0.39 is 34.5 Å². The van der Waals surface area contributed by atoms with Crippen LogP contribution in [0.15, 0.2) is 84.0 Å². The Labute approximate surface area is 225 Å². The van der Waals surface area contributed by atoms with E-state index in [1.165, 1.54) is 12.1 Å². The molecule has 9 heteroatoms. The van der Waals surface area contributed by atoms with Crippen molar-refractivity contribution in [2.24, 2.45) is 5.16 Å². The summed E-state index contributed by atoms with van der Waals surface area (Å²) in [4.78, 5) is 4.84. The minimum Gasteiger partial charge on any atom is -0.410 e. The van der Waals surface area contributed by atoms with E-state index in [9.17, 15) is 22.8 Å². The summed E-state index contributed by atoms with van der Waals surface area (Å²) in [5.74, 6) is -6.38. The molecule has 0 radical (unpaired) electrons. The van der Waals surface area contributed by atoms with Gasteiger partial charge in [0, 0.05) is 22.1 Å². The first-order valence-corrected chi connectivity index (χ1v) is 12.0. The molecule has 4 aromatic carbocycles. The van der Waals surface area contributed by atoms with Crippen molar-refractivity contribution in [2.75, 3.05) is 5.73 Å². The van der Waals surface area contributed by atoms with Crippen molar-refractivity contribution in [3.8, 4) is 33.5 Å². The summed E-state index contributed by atoms with van der Waals surface area (Å²) in [6, 6.07) is 20.8. The standard InChI is InChI=1S/C31H18F4N4O/c32-25-23(26(33)28(35)30(37)27(25)34)17-9-5-15(6-10-17)16-7-11-18(12-8-16)31-20-13-14-22(39-40)29(36)24(20)19-3-1-2-4-21(19)38-31/h1-14,36,40H,37H2/b36-29?,39-22-. The minimum absolute atomic E-state index is 0.0415. The predicted molar refractivity (Wildman–Crippen MR) is 147 cm³/mol. The van der Waals surface area contributed by atoms with Crippen molar-refractivity contribution < 1.29 is 22.8 Å². The normalized spacial score (nSPS) is 13.7. The van der Waals surface area contributed by atoms with Gasteiger partial charge < -0.3 is 10.9 Å². The molecule has 0 saturated heterocycles. The van der Waals surface area contributed by atoms with E-state index >= 15 is 0 Å². The molecule has 40 heavy (non-hydrogen) atoms. The lowest BCUT2D eigenvalue weighted by atomic mass is 9.88. The first-order chi connectivity index (χ1) is 19.3. The molecule has 5 nitrogen and oxygen atoms in total. The van der Waals surface area contributed by atoms with Crippen LogP contribution in [-0.4, -0.2) is 21.6 Å². The fourth-order valence-corrected chi connectivity index (χ4v) is 4.89. The Balaban J connectivity index is 1.39. The van der Waals surface area contributed by atoms with Crippen molar-refractivity contribution in [3.63, 3.8) is 0 Å². The van der Waals surface area contributed by atoms with Gasteiger partial charge in [-0.15, -0.1) is 0 Å². The Morgan fingerprint density at radius 3 is 1.82 bits per heavy atom. The second kappa shape index (κ2) is 9.46. The zero-order chi connectivity index (χ0) is 28.1. The summed E-state index contributed by atoms with van der Waals surface area (Å²) in [5.41, 5.74) is 8.20. The lowest BCUT2D eigenvalue weighted by Crippen LogP contribution is -2.18. The largest absolute Gasteiger partial charge is 0.410 e. The molecule has 1 aliphatic carbocycles. The van der Waals surface area contributed by atoms with Gasteiger partial charge in [-0.05, 0) is 34.9 Å². The van der Waals surface area contributed by atoms with Crippen molar-refractivity contribution in [1.29, 1.82) is 5.41 Å². The first kappa shape index (κ1) is 25.0. The summed E-state index contributed by atoms with van der Waals surface area (Å²) >= 11 is 0. The number of nitrogens with two attached hydrogens (primary N) is 1. The van der Waals surface area contributed by atoms with Gasteiger partial charge in [-0.3, -0.25) is 5.41 Å². The molecule has 1 aromatic heterocycles. The van der Waals surface area contributed by atoms with Gasteiger partial charge in [-0.2, -0.15) is 0 Å². The second-order valence-electron chi connectivity index (χ2n) is 9.16. The molecule has 196 valence electrons. The van der Waals surface area contributed by atoms with Crippen molar-refractivity contribution in [2.45, 2.75) is 0 Å². The fraction of sp³-hybridized carbons (Fsp3) is 0. The Morgan fingerprint density at radius 2 is 1.23 bits per heavy atom. The predicted octanol–water partition coefficient (Wildman–Crippen LogP) is 7.60. The van der Waals surface area contributed by atoms with E-state index in [1.807, 2.05) is 48.5 Å². The molecular weight excluding hydrogens is 520 g/mol. The van der Waals surface area contributed by atoms with Gasteiger partial charge in [0.25, 0.3) is 0 Å². The number of nitrogens with one attached hydrogen (secondary N) is 1. The number of oxime groups is 1. The van der Waals surface area contributed by atoms with E-state index in [0.717, 1.165) is 22.1 Å². The molecule has 0 amide bonds. The lowest BCUT2D eigenvalue weighted by molar-refractivity contribution is 0.320. The van der Waals surface area contributed by atoms with Crippen LogP contribution in [0.4, 0.5) is 23.2 Å². The maximum absolute atomic E-state index is 14.4. The molecule has 0 fully saturated rings. The molecule has 4 N–H and O–H groups in total. The summed E-state index contributed by atoms with van der Waals surface area (Å²) in [7, 11) is 0. The lowest BCUT2D eigenvalue weighted by Gasteiger charge is -2.19. The minimum atomic E-state index is -1.64. The van der Waals surface area contributed by atoms with Crippen LogP contribution in [0.25, 0.3) is 50.5 Å². The summed E-state index contributed by atoms with van der Waals surface area (Å²) in [5, 5.41) is 21.9. The van der Waals surface area contributed by atoms with Crippen LogP contribution in [0.3, 0.4) is 0 Å². The number of allylic oxidation sites excluding steroid dienone is 1. The zero-order valence-electron chi connectivity index (χ0n) is 20.5. The SMILES string of the molecule is N=C1/C(=N\O)C=Cc2c(-c3ccc(-c4ccc(-c5c(F)c(F)c(N)c(F)c5F)cc4)cc3)nc3ccccc3c21. The molecule has 1 aliphatic rings. The van der Waals surface area contributed by atoms with Crippen LogP contribution in [0.2, 0.25) is 0 Å². The van der Waals surface area contributed by atoms with E-state index in [-0.39, 0.29) is 17.0 Å². The number of halogens is 4. The average Bonchev–Trinajstić information content (AvgIpc) is 2.99. The van der Waals surface area contributed by atoms with Crippen LogP contribution in [0.1, 0.15) is 11.1 Å². The molecule has 1 heterocycles. The molecule has 6 rings (SSSR count). The third-order valence-corrected chi connectivity index (χ3v) is 6.91. The number of nitrogens with zero attached hydrogens (tertiary/aromatic N) is 2. The molecule has 0 atom stereocenters. The van der Waals surface area contributed by atoms with Gasteiger partial charge >= 0.3 is 0 Å². The highest BCUT2D eigenvalue weighted by molar-refractivity contribution is 6.54. The summed E-state index contributed by atoms with van der Waals surface area (Å²) in [6.45, 7) is 0. The number of pyridine rings is 1. The highest BCUT2D eigenvalue weighted by atomic mass is 19.2. The molecule has 0 unspecified atom stereocenters. The van der Waals surface area contributed by atoms with Gasteiger partial charge in [0.1, 0.15) is 11.4 Å². The van der Waals surface area contributed by atoms with Crippen LogP contribution in [-0.2, 0) is 0 Å². The number of hydrogen-bond acceptors (Lipinski definition) is 5. The van der Waals surface area contributed by atoms with Gasteiger partial charge in [-0.25, -0.2) is 22.5 Å². The van der Waals surface area contributed by atoms with Crippen LogP contribution >= 0.6 is 0 Å². The number of nitrogen functional groups attached to an aromatic ring is 1. The maximum atomic E-state index is 14.4. The topological polar surface area (TPSA) is 95.3 Å². The van der Waals surface area contributed by atoms with E-state index in [1.54, 1.807) is 24.3 Å². The molecular formula is C31H18F4N4O. The van der Waals surface area contributed by atoms with Crippen LogP contribution in [0.5, 0.6) is 0 Å². The molecule has 0 spiro atoms. The highest BCUT2D eigenvalue weighted by Crippen LogP contribution is 2.36. The molecule has 0 bridgehead atoms. The molecule has 0 saturated carbocycles. The van der Waals surface area contributed by atoms with E-state index in [4.69, 9.17) is 16.1 Å². The number of para-hydroxylation sites is 1. The number of benzene rings is 4. The second-order valence-corrected chi connectivity index (χ2v) is 9.16. The van der Waals surface area contributed by atoms with Gasteiger partial charge in [0.05, 0.1) is 22.5 Å². The van der Waals surface area contributed by atoms with Gasteiger partial charge in [0.2, 0.25) is 0 Å². The van der Waals surface area contributed by atoms with Crippen LogP contribution < -0.4 is 5.73 Å². The fourth-order valence-electron chi connectivity index (χ4n) is 4.89. The smallest absolute Gasteiger partial charge is 0.185 e. The van der Waals surface area contributed by atoms with Crippen LogP contribution in [0, 0.1) is 28.7 Å². The maximum Gasteiger partial charge on any atom is 0.185 e. The number of fused-ring (bicyclic) bond motifs is 3. The van der Waals surface area contributed by atoms with Crippen molar-refractivity contribution in [3.05, 3.63) is 113 Å². The Hall–Kier alpha value is -5.31. The number of hydrogen-bond donors (Lipinski definition) is 3. The first-order valence-electron chi connectivity index (χ1n) is 12.0. The summed E-state index contributed by atoms with van der Waals surface area (Å²) in [6.07, 6.45) is 3.33. The zero-order valence-corrected chi connectivity index (χ0v) is 20.5. The monoisotopic (exact) mass is 538 g/mol. The van der Waals surface area contributed by atoms with Crippen molar-refractivity contribution in [1.82, 2.24) is 4.98 Å². The van der Waals surface area contributed by atoms with Crippen molar-refractivity contribution >= 4 is 34.1 Å². The van der Waals surface area contributed by atoms with E-state index in [0.29, 0.717) is 22.3 Å². The third-order valence-electron chi connectivity index (χ3n) is 6.91. The highest BCUT2D eigenvalue weighted by Gasteiger charge is 2.25. The van der Waals surface area contributed by atoms with Gasteiger partial charge in [0.15, 0.2) is 23.3 Å². The summed E-state index contributed by atoms with van der Waals surface area (Å²) < 4.78 is 56.7. The molecule has 5 aromatic rings. The number of rotatable bonds is 3. The van der Waals surface area contributed by atoms with E-state index in [2.05, 4.69) is 5.16 Å². The third kappa shape index (κ3) is 3.82. The Bertz CT molecular complexity index is 1890. The number of aromatic nitrogens is 1. The number of anilines is 1. The average molecular weight is 539 g/mol. The quantitative estimate of drug-likeness (QED) is 0.0726.